The SMILES string of the molecule is Cc1cc(C(=O)N(C)CC2CCCO2)ccc1C#CCO. The van der Waals surface area contributed by atoms with E-state index in [2.05, 4.69) is 11.8 Å². The van der Waals surface area contributed by atoms with E-state index in [1.165, 1.54) is 0 Å². The monoisotopic (exact) mass is 287 g/mol. The van der Waals surface area contributed by atoms with Gasteiger partial charge in [-0.3, -0.25) is 4.79 Å². The highest BCUT2D eigenvalue weighted by Gasteiger charge is 2.21. The summed E-state index contributed by atoms with van der Waals surface area (Å²) in [5.41, 5.74) is 2.43. The van der Waals surface area contributed by atoms with Crippen molar-refractivity contribution in [1.82, 2.24) is 4.90 Å². The first-order chi connectivity index (χ1) is 10.1. The Balaban J connectivity index is 2.06. The molecule has 1 aliphatic rings. The van der Waals surface area contributed by atoms with Gasteiger partial charge in [0.05, 0.1) is 6.10 Å². The topological polar surface area (TPSA) is 49.8 Å². The summed E-state index contributed by atoms with van der Waals surface area (Å²) in [6.07, 6.45) is 2.26. The van der Waals surface area contributed by atoms with Crippen LogP contribution in [-0.2, 0) is 4.74 Å². The Morgan fingerprint density at radius 3 is 2.95 bits per heavy atom. The fourth-order valence-electron chi connectivity index (χ4n) is 2.47. The molecule has 1 atom stereocenters. The quantitative estimate of drug-likeness (QED) is 0.859. The standard InChI is InChI=1S/C17H21NO3/c1-13-11-15(8-7-14(13)5-3-9-19)17(20)18(2)12-16-6-4-10-21-16/h7-8,11,16,19H,4,6,9-10,12H2,1-2H3. The molecule has 4 nitrogen and oxygen atoms in total. The first kappa shape index (κ1) is 15.6. The molecule has 21 heavy (non-hydrogen) atoms. The minimum Gasteiger partial charge on any atom is -0.384 e. The summed E-state index contributed by atoms with van der Waals surface area (Å²) >= 11 is 0. The van der Waals surface area contributed by atoms with E-state index in [0.717, 1.165) is 30.6 Å². The van der Waals surface area contributed by atoms with Gasteiger partial charge in [-0.1, -0.05) is 11.8 Å². The van der Waals surface area contributed by atoms with E-state index in [0.29, 0.717) is 12.1 Å². The number of aliphatic hydroxyl groups excluding tert-OH is 1. The van der Waals surface area contributed by atoms with Crippen LogP contribution in [0.5, 0.6) is 0 Å². The molecular formula is C17H21NO3. The smallest absolute Gasteiger partial charge is 0.253 e. The number of hydrogen-bond donors (Lipinski definition) is 1. The lowest BCUT2D eigenvalue weighted by molar-refractivity contribution is 0.0587. The number of ether oxygens (including phenoxy) is 1. The fourth-order valence-corrected chi connectivity index (χ4v) is 2.47. The molecule has 0 radical (unpaired) electrons. The third kappa shape index (κ3) is 4.07. The van der Waals surface area contributed by atoms with Crippen molar-refractivity contribution in [1.29, 1.82) is 0 Å². The summed E-state index contributed by atoms with van der Waals surface area (Å²) in [7, 11) is 1.80. The zero-order valence-electron chi connectivity index (χ0n) is 12.6. The summed E-state index contributed by atoms with van der Waals surface area (Å²) < 4.78 is 5.56. The van der Waals surface area contributed by atoms with E-state index in [1.807, 2.05) is 19.1 Å². The molecule has 1 saturated heterocycles. The second-order valence-electron chi connectivity index (χ2n) is 5.31. The molecule has 1 aromatic carbocycles. The van der Waals surface area contributed by atoms with Gasteiger partial charge in [0.15, 0.2) is 0 Å². The van der Waals surface area contributed by atoms with Crippen LogP contribution in [0.2, 0.25) is 0 Å². The lowest BCUT2D eigenvalue weighted by atomic mass is 10.0. The Bertz CT molecular complexity index is 565. The van der Waals surface area contributed by atoms with Crippen LogP contribution in [0, 0.1) is 18.8 Å². The Hall–Kier alpha value is -1.83. The van der Waals surface area contributed by atoms with Crippen molar-refractivity contribution < 1.29 is 14.6 Å². The van der Waals surface area contributed by atoms with Gasteiger partial charge in [0.2, 0.25) is 0 Å². The second kappa shape index (κ2) is 7.26. The highest BCUT2D eigenvalue weighted by atomic mass is 16.5. The zero-order chi connectivity index (χ0) is 15.2. The van der Waals surface area contributed by atoms with Gasteiger partial charge in [-0.15, -0.1) is 0 Å². The minimum atomic E-state index is -0.162. The molecule has 0 spiro atoms. The van der Waals surface area contributed by atoms with Crippen molar-refractivity contribution in [2.24, 2.45) is 0 Å². The van der Waals surface area contributed by atoms with E-state index in [1.54, 1.807) is 18.0 Å². The Morgan fingerprint density at radius 2 is 2.33 bits per heavy atom. The highest BCUT2D eigenvalue weighted by Crippen LogP contribution is 2.15. The van der Waals surface area contributed by atoms with Gasteiger partial charge in [-0.2, -0.15) is 0 Å². The number of hydrogen-bond acceptors (Lipinski definition) is 3. The van der Waals surface area contributed by atoms with Crippen molar-refractivity contribution in [3.8, 4) is 11.8 Å². The van der Waals surface area contributed by atoms with Crippen LogP contribution in [0.1, 0.15) is 34.3 Å². The molecule has 1 aromatic rings. The maximum absolute atomic E-state index is 12.4. The van der Waals surface area contributed by atoms with Crippen LogP contribution in [0.25, 0.3) is 0 Å². The Kier molecular flexibility index (Phi) is 5.38. The number of benzene rings is 1. The van der Waals surface area contributed by atoms with Crippen molar-refractivity contribution in [3.05, 3.63) is 34.9 Å². The van der Waals surface area contributed by atoms with E-state index in [-0.39, 0.29) is 18.6 Å². The number of carbonyl (C=O) groups is 1. The van der Waals surface area contributed by atoms with Crippen LogP contribution < -0.4 is 0 Å². The molecule has 1 heterocycles. The predicted octanol–water partition coefficient (Wildman–Crippen LogP) is 1.59. The molecule has 0 saturated carbocycles. The van der Waals surface area contributed by atoms with Gasteiger partial charge in [0.1, 0.15) is 6.61 Å². The van der Waals surface area contributed by atoms with E-state index in [4.69, 9.17) is 9.84 Å². The van der Waals surface area contributed by atoms with Gasteiger partial charge < -0.3 is 14.7 Å². The van der Waals surface area contributed by atoms with Crippen LogP contribution >= 0.6 is 0 Å². The average molecular weight is 287 g/mol. The number of amides is 1. The second-order valence-corrected chi connectivity index (χ2v) is 5.31. The zero-order valence-corrected chi connectivity index (χ0v) is 12.6. The van der Waals surface area contributed by atoms with Gasteiger partial charge in [-0.05, 0) is 43.5 Å². The molecule has 1 fully saturated rings. The maximum Gasteiger partial charge on any atom is 0.253 e. The number of nitrogens with zero attached hydrogens (tertiary/aromatic N) is 1. The normalized spacial score (nSPS) is 17.2. The third-order valence-corrected chi connectivity index (χ3v) is 3.62. The largest absolute Gasteiger partial charge is 0.384 e. The number of rotatable bonds is 3. The fraction of sp³-hybridized carbons (Fsp3) is 0.471. The van der Waals surface area contributed by atoms with Crippen molar-refractivity contribution >= 4 is 5.91 Å². The molecule has 0 aliphatic carbocycles. The van der Waals surface area contributed by atoms with Gasteiger partial charge in [0.25, 0.3) is 5.91 Å². The van der Waals surface area contributed by atoms with Crippen LogP contribution in [0.4, 0.5) is 0 Å². The van der Waals surface area contributed by atoms with Crippen LogP contribution in [0.3, 0.4) is 0 Å². The number of carbonyl (C=O) groups excluding carboxylic acids is 1. The van der Waals surface area contributed by atoms with Crippen molar-refractivity contribution in [2.75, 3.05) is 26.8 Å². The summed E-state index contributed by atoms with van der Waals surface area (Å²) in [6, 6.07) is 5.45. The molecule has 0 aromatic heterocycles. The molecule has 1 amide bonds. The van der Waals surface area contributed by atoms with Gasteiger partial charge in [0, 0.05) is 31.3 Å². The average Bonchev–Trinajstić information content (AvgIpc) is 2.98. The molecular weight excluding hydrogens is 266 g/mol. The highest BCUT2D eigenvalue weighted by molar-refractivity contribution is 5.94. The molecule has 112 valence electrons. The summed E-state index contributed by atoms with van der Waals surface area (Å²) in [5.74, 6) is 5.49. The van der Waals surface area contributed by atoms with E-state index < -0.39 is 0 Å². The number of aryl methyl sites for hydroxylation is 1. The first-order valence-electron chi connectivity index (χ1n) is 7.19. The Morgan fingerprint density at radius 1 is 1.52 bits per heavy atom. The molecule has 2 rings (SSSR count). The van der Waals surface area contributed by atoms with E-state index in [9.17, 15) is 4.79 Å². The van der Waals surface area contributed by atoms with E-state index >= 15 is 0 Å². The first-order valence-corrected chi connectivity index (χ1v) is 7.19. The lowest BCUT2D eigenvalue weighted by Gasteiger charge is -2.21. The van der Waals surface area contributed by atoms with Crippen molar-refractivity contribution in [2.45, 2.75) is 25.9 Å². The maximum atomic E-state index is 12.4. The molecule has 1 N–H and O–H groups in total. The summed E-state index contributed by atoms with van der Waals surface area (Å²) in [4.78, 5) is 14.1. The molecule has 0 bridgehead atoms. The van der Waals surface area contributed by atoms with Gasteiger partial charge >= 0.3 is 0 Å². The number of aliphatic hydroxyl groups is 1. The molecule has 4 heteroatoms. The molecule has 1 aliphatic heterocycles. The third-order valence-electron chi connectivity index (χ3n) is 3.62. The minimum absolute atomic E-state index is 0.00438. The Labute approximate surface area is 125 Å². The summed E-state index contributed by atoms with van der Waals surface area (Å²) in [6.45, 7) is 3.18. The lowest BCUT2D eigenvalue weighted by Crippen LogP contribution is -2.34. The van der Waals surface area contributed by atoms with Gasteiger partial charge in [-0.25, -0.2) is 0 Å². The van der Waals surface area contributed by atoms with Crippen LogP contribution in [0.15, 0.2) is 18.2 Å². The van der Waals surface area contributed by atoms with Crippen LogP contribution in [-0.4, -0.2) is 48.8 Å². The predicted molar refractivity (Wildman–Crippen MR) is 81.1 cm³/mol. The molecule has 1 unspecified atom stereocenters. The summed E-state index contributed by atoms with van der Waals surface area (Å²) in [5, 5.41) is 8.72. The number of likely N-dealkylation sites (N-methyl/N-ethyl adjacent to an activating group) is 1. The van der Waals surface area contributed by atoms with Crippen molar-refractivity contribution in [3.63, 3.8) is 0 Å².